The maximum atomic E-state index is 11.8. The maximum absolute atomic E-state index is 11.8. The van der Waals surface area contributed by atoms with E-state index in [9.17, 15) is 24.6 Å². The zero-order valence-electron chi connectivity index (χ0n) is 11.4. The number of hydrogen-bond acceptors (Lipinski definition) is 6. The number of methoxy groups -OCH3 is 1. The number of aliphatic hydroxyl groups is 2. The van der Waals surface area contributed by atoms with Crippen molar-refractivity contribution in [1.29, 1.82) is 0 Å². The zero-order chi connectivity index (χ0) is 16.0. The fourth-order valence-corrected chi connectivity index (χ4v) is 1.65. The Balaban J connectivity index is 2.71. The van der Waals surface area contributed by atoms with Crippen LogP contribution in [0, 0.1) is 0 Å². The Bertz CT molecular complexity index is 521. The molecule has 2 unspecified atom stereocenters. The zero-order valence-corrected chi connectivity index (χ0v) is 11.4. The Morgan fingerprint density at radius 2 is 1.67 bits per heavy atom. The SMILES string of the molecule is COC(=O)CCC(=O)c1ccc(C(O)C(O)C(=O)O)cc1. The van der Waals surface area contributed by atoms with Crippen LogP contribution in [-0.2, 0) is 14.3 Å². The molecule has 21 heavy (non-hydrogen) atoms. The van der Waals surface area contributed by atoms with E-state index in [0.29, 0.717) is 5.56 Å². The van der Waals surface area contributed by atoms with Crippen LogP contribution < -0.4 is 0 Å². The van der Waals surface area contributed by atoms with Crippen molar-refractivity contribution in [2.45, 2.75) is 25.0 Å². The smallest absolute Gasteiger partial charge is 0.335 e. The molecular formula is C14H16O7. The lowest BCUT2D eigenvalue weighted by molar-refractivity contribution is -0.153. The standard InChI is InChI=1S/C14H16O7/c1-21-11(16)7-6-10(15)8-2-4-9(5-3-8)12(17)13(18)14(19)20/h2-5,12-13,17-18H,6-7H2,1H3,(H,19,20). The van der Waals surface area contributed by atoms with Gasteiger partial charge in [-0.2, -0.15) is 0 Å². The molecule has 3 N–H and O–H groups in total. The minimum absolute atomic E-state index is 0.00761. The molecule has 1 aromatic rings. The van der Waals surface area contributed by atoms with Crippen LogP contribution in [0.4, 0.5) is 0 Å². The first-order valence-corrected chi connectivity index (χ1v) is 6.15. The molecule has 0 bridgehead atoms. The van der Waals surface area contributed by atoms with Crippen molar-refractivity contribution in [3.63, 3.8) is 0 Å². The number of carboxylic acids is 1. The topological polar surface area (TPSA) is 121 Å². The average Bonchev–Trinajstić information content (AvgIpc) is 2.50. The number of hydrogen-bond donors (Lipinski definition) is 3. The first kappa shape index (κ1) is 16.8. The van der Waals surface area contributed by atoms with Gasteiger partial charge < -0.3 is 20.1 Å². The summed E-state index contributed by atoms with van der Waals surface area (Å²) in [5, 5.41) is 27.4. The number of ketones is 1. The lowest BCUT2D eigenvalue weighted by Crippen LogP contribution is -2.27. The predicted molar refractivity (Wildman–Crippen MR) is 70.6 cm³/mol. The molecule has 0 heterocycles. The van der Waals surface area contributed by atoms with Crippen LogP contribution in [0.25, 0.3) is 0 Å². The number of benzene rings is 1. The van der Waals surface area contributed by atoms with Gasteiger partial charge >= 0.3 is 11.9 Å². The van der Waals surface area contributed by atoms with Gasteiger partial charge in [-0.3, -0.25) is 9.59 Å². The van der Waals surface area contributed by atoms with Crippen molar-refractivity contribution < 1.29 is 34.4 Å². The van der Waals surface area contributed by atoms with E-state index in [2.05, 4.69) is 4.74 Å². The van der Waals surface area contributed by atoms with Crippen LogP contribution in [0.1, 0.15) is 34.9 Å². The van der Waals surface area contributed by atoms with Crippen LogP contribution in [-0.4, -0.2) is 46.3 Å². The lowest BCUT2D eigenvalue weighted by Gasteiger charge is -2.14. The van der Waals surface area contributed by atoms with E-state index in [1.807, 2.05) is 0 Å². The highest BCUT2D eigenvalue weighted by Gasteiger charge is 2.25. The van der Waals surface area contributed by atoms with E-state index in [1.165, 1.54) is 31.4 Å². The Kier molecular flexibility index (Phi) is 6.01. The molecule has 1 aromatic carbocycles. The Hall–Kier alpha value is -2.25. The van der Waals surface area contributed by atoms with Gasteiger partial charge in [-0.1, -0.05) is 24.3 Å². The molecule has 2 atom stereocenters. The van der Waals surface area contributed by atoms with Crippen molar-refractivity contribution in [3.8, 4) is 0 Å². The van der Waals surface area contributed by atoms with E-state index in [4.69, 9.17) is 5.11 Å². The van der Waals surface area contributed by atoms with Crippen molar-refractivity contribution in [1.82, 2.24) is 0 Å². The van der Waals surface area contributed by atoms with Gasteiger partial charge in [-0.15, -0.1) is 0 Å². The number of rotatable bonds is 7. The fourth-order valence-electron chi connectivity index (χ4n) is 1.65. The van der Waals surface area contributed by atoms with Gasteiger partial charge in [0, 0.05) is 12.0 Å². The number of aliphatic hydroxyl groups excluding tert-OH is 2. The summed E-state index contributed by atoms with van der Waals surface area (Å²) in [6.07, 6.45) is -3.56. The van der Waals surface area contributed by atoms with E-state index < -0.39 is 24.1 Å². The second-order valence-corrected chi connectivity index (χ2v) is 4.35. The minimum atomic E-state index is -1.94. The number of carbonyl (C=O) groups excluding carboxylic acids is 2. The molecule has 0 saturated carbocycles. The molecule has 0 aromatic heterocycles. The van der Waals surface area contributed by atoms with Crippen molar-refractivity contribution in [3.05, 3.63) is 35.4 Å². The second-order valence-electron chi connectivity index (χ2n) is 4.35. The Morgan fingerprint density at radius 3 is 2.14 bits per heavy atom. The normalized spacial score (nSPS) is 13.3. The van der Waals surface area contributed by atoms with Gasteiger partial charge in [-0.25, -0.2) is 4.79 Å². The van der Waals surface area contributed by atoms with Crippen LogP contribution in [0.3, 0.4) is 0 Å². The van der Waals surface area contributed by atoms with E-state index in [0.717, 1.165) is 0 Å². The van der Waals surface area contributed by atoms with Crippen molar-refractivity contribution in [2.24, 2.45) is 0 Å². The predicted octanol–water partition coefficient (Wildman–Crippen LogP) is 0.301. The van der Waals surface area contributed by atoms with Crippen LogP contribution in [0.15, 0.2) is 24.3 Å². The molecule has 0 saturated heterocycles. The summed E-state index contributed by atoms with van der Waals surface area (Å²) in [5.74, 6) is -2.30. The molecule has 114 valence electrons. The molecule has 0 fully saturated rings. The molecule has 0 amide bonds. The third-order valence-corrected chi connectivity index (χ3v) is 2.91. The Morgan fingerprint density at radius 1 is 1.10 bits per heavy atom. The summed E-state index contributed by atoms with van der Waals surface area (Å²) >= 11 is 0. The monoisotopic (exact) mass is 296 g/mol. The quantitative estimate of drug-likeness (QED) is 0.488. The highest BCUT2D eigenvalue weighted by Crippen LogP contribution is 2.18. The maximum Gasteiger partial charge on any atom is 0.335 e. The summed E-state index contributed by atoms with van der Waals surface area (Å²) in [6.45, 7) is 0. The summed E-state index contributed by atoms with van der Waals surface area (Å²) < 4.78 is 4.43. The number of esters is 1. The number of carboxylic acid groups (broad SMARTS) is 1. The number of aliphatic carboxylic acids is 1. The summed E-state index contributed by atoms with van der Waals surface area (Å²) in [6, 6.07) is 5.49. The molecule has 0 spiro atoms. The molecule has 0 aliphatic heterocycles. The first-order chi connectivity index (χ1) is 9.86. The number of carbonyl (C=O) groups is 3. The molecule has 0 aliphatic carbocycles. The van der Waals surface area contributed by atoms with Crippen LogP contribution >= 0.6 is 0 Å². The highest BCUT2D eigenvalue weighted by molar-refractivity contribution is 5.97. The summed E-state index contributed by atoms with van der Waals surface area (Å²) in [7, 11) is 1.23. The van der Waals surface area contributed by atoms with Crippen molar-refractivity contribution in [2.75, 3.05) is 7.11 Å². The largest absolute Gasteiger partial charge is 0.479 e. The molecule has 0 aliphatic rings. The van der Waals surface area contributed by atoms with Gasteiger partial charge in [0.2, 0.25) is 0 Å². The van der Waals surface area contributed by atoms with Crippen LogP contribution in [0.5, 0.6) is 0 Å². The summed E-state index contributed by atoms with van der Waals surface area (Å²) in [5.41, 5.74) is 0.495. The average molecular weight is 296 g/mol. The van der Waals surface area contributed by atoms with E-state index in [-0.39, 0.29) is 24.2 Å². The fraction of sp³-hybridized carbons (Fsp3) is 0.357. The first-order valence-electron chi connectivity index (χ1n) is 6.15. The minimum Gasteiger partial charge on any atom is -0.479 e. The van der Waals surface area contributed by atoms with Crippen LogP contribution in [0.2, 0.25) is 0 Å². The van der Waals surface area contributed by atoms with Gasteiger partial charge in [0.15, 0.2) is 11.9 Å². The third-order valence-electron chi connectivity index (χ3n) is 2.91. The van der Waals surface area contributed by atoms with Gasteiger partial charge in [0.05, 0.1) is 13.5 Å². The summed E-state index contributed by atoms with van der Waals surface area (Å²) in [4.78, 5) is 33.3. The van der Waals surface area contributed by atoms with Gasteiger partial charge in [-0.05, 0) is 5.56 Å². The molecular weight excluding hydrogens is 280 g/mol. The molecule has 7 nitrogen and oxygen atoms in total. The van der Waals surface area contributed by atoms with Gasteiger partial charge in [0.1, 0.15) is 6.10 Å². The van der Waals surface area contributed by atoms with E-state index >= 15 is 0 Å². The number of ether oxygens (including phenoxy) is 1. The third kappa shape index (κ3) is 4.66. The highest BCUT2D eigenvalue weighted by atomic mass is 16.5. The lowest BCUT2D eigenvalue weighted by atomic mass is 10.00. The van der Waals surface area contributed by atoms with E-state index in [1.54, 1.807) is 0 Å². The molecule has 7 heteroatoms. The Labute approximate surface area is 120 Å². The van der Waals surface area contributed by atoms with Crippen molar-refractivity contribution >= 4 is 17.7 Å². The second kappa shape index (κ2) is 7.51. The number of Topliss-reactive ketones (excluding diaryl/α,β-unsaturated/α-hetero) is 1. The molecule has 1 rings (SSSR count). The van der Waals surface area contributed by atoms with Gasteiger partial charge in [0.25, 0.3) is 0 Å². The molecule has 0 radical (unpaired) electrons.